The highest BCUT2D eigenvalue weighted by Gasteiger charge is 2.39. The minimum atomic E-state index is -0.722. The van der Waals surface area contributed by atoms with Crippen LogP contribution < -0.4 is 4.74 Å². The summed E-state index contributed by atoms with van der Waals surface area (Å²) in [7, 11) is 3.23. The van der Waals surface area contributed by atoms with Gasteiger partial charge in [0.05, 0.1) is 32.0 Å². The lowest BCUT2D eigenvalue weighted by Crippen LogP contribution is -2.23. The van der Waals surface area contributed by atoms with Gasteiger partial charge in [0.2, 0.25) is 0 Å². The Bertz CT molecular complexity index is 656. The van der Waals surface area contributed by atoms with Crippen molar-refractivity contribution in [1.82, 2.24) is 0 Å². The average Bonchev–Trinajstić information content (AvgIpc) is 3.02. The summed E-state index contributed by atoms with van der Waals surface area (Å²) in [4.78, 5) is 10.9. The van der Waals surface area contributed by atoms with Crippen LogP contribution in [0.1, 0.15) is 39.2 Å². The predicted octanol–water partition coefficient (Wildman–Crippen LogP) is 3.64. The molecule has 2 rings (SSSR count). The molecule has 1 saturated heterocycles. The Morgan fingerprint density at radius 2 is 1.87 bits per heavy atom. The zero-order valence-corrected chi connectivity index (χ0v) is 18.5. The zero-order valence-electron chi connectivity index (χ0n) is 18.5. The normalized spacial score (nSPS) is 22.8. The zero-order chi connectivity index (χ0) is 22.0. The molecule has 0 unspecified atom stereocenters. The first-order valence-electron chi connectivity index (χ1n) is 10.2. The summed E-state index contributed by atoms with van der Waals surface area (Å²) in [6.45, 7) is 6.36. The van der Waals surface area contributed by atoms with E-state index in [-0.39, 0.29) is 37.6 Å². The van der Waals surface area contributed by atoms with E-state index in [1.807, 2.05) is 57.2 Å². The van der Waals surface area contributed by atoms with Crippen LogP contribution in [0.15, 0.2) is 36.4 Å². The summed E-state index contributed by atoms with van der Waals surface area (Å²) in [5.41, 5.74) is 1.07. The van der Waals surface area contributed by atoms with Crippen LogP contribution in [0.25, 0.3) is 0 Å². The van der Waals surface area contributed by atoms with Crippen molar-refractivity contribution in [2.24, 2.45) is 0 Å². The molecule has 168 valence electrons. The summed E-state index contributed by atoms with van der Waals surface area (Å²) in [6, 6.07) is 7.79. The lowest BCUT2D eigenvalue weighted by atomic mass is 10.1. The highest BCUT2D eigenvalue weighted by molar-refractivity contribution is 5.50. The van der Waals surface area contributed by atoms with Gasteiger partial charge in [-0.15, -0.1) is 0 Å². The summed E-state index contributed by atoms with van der Waals surface area (Å²) >= 11 is 0. The van der Waals surface area contributed by atoms with Gasteiger partial charge in [-0.25, -0.2) is 0 Å². The molecule has 1 heterocycles. The first-order chi connectivity index (χ1) is 14.4. The minimum absolute atomic E-state index is 0.0402. The molecule has 0 N–H and O–H groups in total. The molecule has 7 nitrogen and oxygen atoms in total. The van der Waals surface area contributed by atoms with Gasteiger partial charge in [-0.3, -0.25) is 0 Å². The van der Waals surface area contributed by atoms with Gasteiger partial charge in [0, 0.05) is 20.0 Å². The van der Waals surface area contributed by atoms with Crippen molar-refractivity contribution in [3.63, 3.8) is 0 Å². The van der Waals surface area contributed by atoms with E-state index in [9.17, 15) is 4.79 Å². The Morgan fingerprint density at radius 1 is 1.13 bits per heavy atom. The van der Waals surface area contributed by atoms with Crippen LogP contribution in [0, 0.1) is 0 Å². The van der Waals surface area contributed by atoms with Crippen LogP contribution in [0.4, 0.5) is 0 Å². The maximum absolute atomic E-state index is 10.9. The molecule has 0 amide bonds. The second kappa shape index (κ2) is 12.2. The molecule has 1 aromatic rings. The van der Waals surface area contributed by atoms with E-state index in [1.54, 1.807) is 14.2 Å². The molecule has 7 heteroatoms. The molecule has 1 aromatic carbocycles. The Kier molecular flexibility index (Phi) is 9.94. The van der Waals surface area contributed by atoms with Crippen molar-refractivity contribution in [3.8, 4) is 5.75 Å². The molecule has 4 atom stereocenters. The van der Waals surface area contributed by atoms with E-state index in [0.29, 0.717) is 13.0 Å². The SMILES string of the molecule is COCO[C@H](/C=C/[C@@H]1OC(C)(C)O[C@H]1CC=O)C[C@@H](C)OCc1ccc(OC)cc1. The van der Waals surface area contributed by atoms with Crippen LogP contribution >= 0.6 is 0 Å². The van der Waals surface area contributed by atoms with Crippen molar-refractivity contribution in [3.05, 3.63) is 42.0 Å². The molecule has 0 radical (unpaired) electrons. The van der Waals surface area contributed by atoms with E-state index in [0.717, 1.165) is 17.6 Å². The average molecular weight is 423 g/mol. The topological polar surface area (TPSA) is 72.5 Å². The van der Waals surface area contributed by atoms with E-state index >= 15 is 0 Å². The number of aldehydes is 1. The molecule has 1 fully saturated rings. The number of rotatable bonds is 13. The van der Waals surface area contributed by atoms with Crippen LogP contribution in [-0.2, 0) is 35.1 Å². The summed E-state index contributed by atoms with van der Waals surface area (Å²) in [5.74, 6) is 0.0968. The van der Waals surface area contributed by atoms with Crippen LogP contribution in [0.2, 0.25) is 0 Å². The van der Waals surface area contributed by atoms with Gasteiger partial charge in [-0.05, 0) is 38.5 Å². The Hall–Kier alpha value is -1.77. The lowest BCUT2D eigenvalue weighted by Gasteiger charge is -2.20. The highest BCUT2D eigenvalue weighted by Crippen LogP contribution is 2.30. The number of carbonyl (C=O) groups is 1. The van der Waals surface area contributed by atoms with E-state index in [4.69, 9.17) is 28.4 Å². The smallest absolute Gasteiger partial charge is 0.164 e. The van der Waals surface area contributed by atoms with E-state index < -0.39 is 5.79 Å². The van der Waals surface area contributed by atoms with Crippen LogP contribution in [0.3, 0.4) is 0 Å². The van der Waals surface area contributed by atoms with E-state index in [2.05, 4.69) is 0 Å². The Balaban J connectivity index is 1.91. The van der Waals surface area contributed by atoms with Gasteiger partial charge < -0.3 is 33.2 Å². The van der Waals surface area contributed by atoms with Crippen molar-refractivity contribution < 1.29 is 33.2 Å². The van der Waals surface area contributed by atoms with Gasteiger partial charge in [0.25, 0.3) is 0 Å². The molecular formula is C23H34O7. The monoisotopic (exact) mass is 422 g/mol. The van der Waals surface area contributed by atoms with Crippen LogP contribution in [-0.4, -0.2) is 57.5 Å². The predicted molar refractivity (Wildman–Crippen MR) is 112 cm³/mol. The fourth-order valence-corrected chi connectivity index (χ4v) is 3.25. The summed E-state index contributed by atoms with van der Waals surface area (Å²) < 4.78 is 33.7. The number of benzene rings is 1. The van der Waals surface area contributed by atoms with Gasteiger partial charge >= 0.3 is 0 Å². The van der Waals surface area contributed by atoms with Gasteiger partial charge in [0.1, 0.15) is 24.9 Å². The number of hydrogen-bond acceptors (Lipinski definition) is 7. The van der Waals surface area contributed by atoms with Gasteiger partial charge in [0.15, 0.2) is 5.79 Å². The second-order valence-electron chi connectivity index (χ2n) is 7.74. The standard InChI is InChI=1S/C23H34O7/c1-17(27-15-18-6-8-19(26-5)9-7-18)14-20(28-16-25-4)10-11-21-22(12-13-24)30-23(2,3)29-21/h6-11,13,17,20-22H,12,14-16H2,1-5H3/b11-10+/t17-,20-,21+,22+/m1/s1. The van der Waals surface area contributed by atoms with Gasteiger partial charge in [-0.2, -0.15) is 0 Å². The first-order valence-corrected chi connectivity index (χ1v) is 10.2. The van der Waals surface area contributed by atoms with Crippen LogP contribution in [0.5, 0.6) is 5.75 Å². The maximum Gasteiger partial charge on any atom is 0.164 e. The lowest BCUT2D eigenvalue weighted by molar-refractivity contribution is -0.144. The maximum atomic E-state index is 10.9. The molecular weight excluding hydrogens is 388 g/mol. The number of hydrogen-bond donors (Lipinski definition) is 0. The third-order valence-corrected chi connectivity index (χ3v) is 4.72. The molecule has 1 aliphatic heterocycles. The van der Waals surface area contributed by atoms with Crippen molar-refractivity contribution in [1.29, 1.82) is 0 Å². The van der Waals surface area contributed by atoms with Crippen molar-refractivity contribution in [2.45, 2.75) is 70.4 Å². The molecule has 0 spiro atoms. The molecule has 1 aliphatic rings. The number of ether oxygens (including phenoxy) is 6. The molecule has 30 heavy (non-hydrogen) atoms. The fourth-order valence-electron chi connectivity index (χ4n) is 3.25. The van der Waals surface area contributed by atoms with Crippen molar-refractivity contribution >= 4 is 6.29 Å². The Labute approximate surface area is 179 Å². The number of carbonyl (C=O) groups excluding carboxylic acids is 1. The molecule has 0 aromatic heterocycles. The van der Waals surface area contributed by atoms with Crippen molar-refractivity contribution in [2.75, 3.05) is 21.0 Å². The molecule has 0 aliphatic carbocycles. The first kappa shape index (κ1) is 24.5. The second-order valence-corrected chi connectivity index (χ2v) is 7.74. The third-order valence-electron chi connectivity index (χ3n) is 4.72. The van der Waals surface area contributed by atoms with E-state index in [1.165, 1.54) is 0 Å². The molecule has 0 saturated carbocycles. The fraction of sp³-hybridized carbons (Fsp3) is 0.609. The van der Waals surface area contributed by atoms with Gasteiger partial charge in [-0.1, -0.05) is 24.3 Å². The minimum Gasteiger partial charge on any atom is -0.497 e. The quantitative estimate of drug-likeness (QED) is 0.273. The summed E-state index contributed by atoms with van der Waals surface area (Å²) in [5, 5.41) is 0. The Morgan fingerprint density at radius 3 is 2.50 bits per heavy atom. The highest BCUT2D eigenvalue weighted by atomic mass is 16.7. The third kappa shape index (κ3) is 8.16. The summed E-state index contributed by atoms with van der Waals surface area (Å²) in [6.07, 6.45) is 4.73. The largest absolute Gasteiger partial charge is 0.497 e. The molecule has 0 bridgehead atoms. The number of methoxy groups -OCH3 is 2.